The van der Waals surface area contributed by atoms with Crippen LogP contribution in [0.4, 0.5) is 5.69 Å². The highest BCUT2D eigenvalue weighted by molar-refractivity contribution is 9.11. The molecule has 0 fully saturated rings. The van der Waals surface area contributed by atoms with Gasteiger partial charge in [0.15, 0.2) is 0 Å². The second-order valence-corrected chi connectivity index (χ2v) is 4.44. The fraction of sp³-hybridized carbons (Fsp3) is 0.111. The van der Waals surface area contributed by atoms with Crippen molar-refractivity contribution in [3.05, 3.63) is 39.3 Å². The van der Waals surface area contributed by atoms with Crippen LogP contribution in [0.5, 0.6) is 0 Å². The molecule has 0 heterocycles. The quantitative estimate of drug-likeness (QED) is 0.870. The van der Waals surface area contributed by atoms with Crippen LogP contribution in [0.25, 0.3) is 0 Å². The Labute approximate surface area is 95.9 Å². The third-order valence-corrected chi connectivity index (χ3v) is 2.42. The maximum absolute atomic E-state index is 5.82. The summed E-state index contributed by atoms with van der Waals surface area (Å²) in [7, 11) is 0. The van der Waals surface area contributed by atoms with E-state index in [-0.39, 0.29) is 0 Å². The van der Waals surface area contributed by atoms with Gasteiger partial charge in [0.05, 0.1) is 10.0 Å². The van der Waals surface area contributed by atoms with Gasteiger partial charge in [-0.2, -0.15) is 0 Å². The van der Waals surface area contributed by atoms with Crippen LogP contribution >= 0.6 is 39.1 Å². The lowest BCUT2D eigenvalue weighted by Crippen LogP contribution is -1.99. The SMILES string of the molecule is C=C(Br)CNc1ccc(Cl)c(Cl)c1. The third-order valence-electron chi connectivity index (χ3n) is 1.40. The van der Waals surface area contributed by atoms with Gasteiger partial charge in [0.25, 0.3) is 0 Å². The second-order valence-electron chi connectivity index (χ2n) is 2.50. The van der Waals surface area contributed by atoms with E-state index in [4.69, 9.17) is 23.2 Å². The maximum atomic E-state index is 5.82. The smallest absolute Gasteiger partial charge is 0.0612 e. The fourth-order valence-corrected chi connectivity index (χ4v) is 1.24. The molecule has 13 heavy (non-hydrogen) atoms. The zero-order chi connectivity index (χ0) is 9.84. The van der Waals surface area contributed by atoms with Crippen LogP contribution in [-0.4, -0.2) is 6.54 Å². The van der Waals surface area contributed by atoms with Crippen LogP contribution < -0.4 is 5.32 Å². The van der Waals surface area contributed by atoms with Gasteiger partial charge in [-0.1, -0.05) is 45.7 Å². The molecule has 0 bridgehead atoms. The van der Waals surface area contributed by atoms with E-state index < -0.39 is 0 Å². The van der Waals surface area contributed by atoms with Crippen LogP contribution in [0.2, 0.25) is 10.0 Å². The summed E-state index contributed by atoms with van der Waals surface area (Å²) in [4.78, 5) is 0. The second kappa shape index (κ2) is 4.89. The Morgan fingerprint density at radius 1 is 1.38 bits per heavy atom. The van der Waals surface area contributed by atoms with Crippen molar-refractivity contribution in [3.8, 4) is 0 Å². The van der Waals surface area contributed by atoms with Crippen LogP contribution in [0, 0.1) is 0 Å². The Kier molecular flexibility index (Phi) is 4.10. The number of benzene rings is 1. The fourth-order valence-electron chi connectivity index (χ4n) is 0.804. The average molecular weight is 281 g/mol. The summed E-state index contributed by atoms with van der Waals surface area (Å²) in [6.45, 7) is 4.37. The molecule has 0 saturated heterocycles. The van der Waals surface area contributed by atoms with Gasteiger partial charge in [0.2, 0.25) is 0 Å². The lowest BCUT2D eigenvalue weighted by atomic mass is 10.3. The highest BCUT2D eigenvalue weighted by atomic mass is 79.9. The Balaban J connectivity index is 2.68. The van der Waals surface area contributed by atoms with E-state index >= 15 is 0 Å². The standard InChI is InChI=1S/C9H8BrCl2N/c1-6(10)5-13-7-2-3-8(11)9(12)4-7/h2-4,13H,1,5H2. The summed E-state index contributed by atoms with van der Waals surface area (Å²) < 4.78 is 0.888. The largest absolute Gasteiger partial charge is 0.380 e. The summed E-state index contributed by atoms with van der Waals surface area (Å²) in [5, 5.41) is 4.23. The molecule has 4 heteroatoms. The lowest BCUT2D eigenvalue weighted by Gasteiger charge is -2.05. The van der Waals surface area contributed by atoms with Gasteiger partial charge in [-0.05, 0) is 18.2 Å². The molecule has 0 aliphatic heterocycles. The predicted octanol–water partition coefficient (Wildman–Crippen LogP) is 4.31. The minimum atomic E-state index is 0.548. The predicted molar refractivity (Wildman–Crippen MR) is 63.0 cm³/mol. The molecule has 1 rings (SSSR count). The molecule has 1 aromatic carbocycles. The van der Waals surface area contributed by atoms with Crippen LogP contribution in [-0.2, 0) is 0 Å². The van der Waals surface area contributed by atoms with Crippen molar-refractivity contribution in [2.45, 2.75) is 0 Å². The Morgan fingerprint density at radius 2 is 2.08 bits per heavy atom. The molecular formula is C9H8BrCl2N. The maximum Gasteiger partial charge on any atom is 0.0612 e. The van der Waals surface area contributed by atoms with Gasteiger partial charge in [-0.15, -0.1) is 0 Å². The van der Waals surface area contributed by atoms with E-state index in [1.54, 1.807) is 12.1 Å². The van der Waals surface area contributed by atoms with Crippen LogP contribution in [0.15, 0.2) is 29.3 Å². The molecule has 1 N–H and O–H groups in total. The molecule has 0 aliphatic rings. The van der Waals surface area contributed by atoms with Crippen molar-refractivity contribution in [1.82, 2.24) is 0 Å². The highest BCUT2D eigenvalue weighted by Crippen LogP contribution is 2.25. The third kappa shape index (κ3) is 3.59. The van der Waals surface area contributed by atoms with Gasteiger partial charge < -0.3 is 5.32 Å². The molecule has 1 aromatic rings. The summed E-state index contributed by atoms with van der Waals surface area (Å²) >= 11 is 14.8. The van der Waals surface area contributed by atoms with Crippen molar-refractivity contribution in [2.24, 2.45) is 0 Å². The lowest BCUT2D eigenvalue weighted by molar-refractivity contribution is 1.33. The van der Waals surface area contributed by atoms with Crippen molar-refractivity contribution in [3.63, 3.8) is 0 Å². The topological polar surface area (TPSA) is 12.0 Å². The van der Waals surface area contributed by atoms with E-state index in [1.807, 2.05) is 6.07 Å². The van der Waals surface area contributed by atoms with E-state index in [0.717, 1.165) is 10.2 Å². The number of rotatable bonds is 3. The van der Waals surface area contributed by atoms with Crippen molar-refractivity contribution >= 4 is 44.8 Å². The highest BCUT2D eigenvalue weighted by Gasteiger charge is 1.98. The number of anilines is 1. The van der Waals surface area contributed by atoms with Crippen molar-refractivity contribution < 1.29 is 0 Å². The molecule has 0 spiro atoms. The number of hydrogen-bond acceptors (Lipinski definition) is 1. The van der Waals surface area contributed by atoms with Crippen molar-refractivity contribution in [2.75, 3.05) is 11.9 Å². The summed E-state index contributed by atoms with van der Waals surface area (Å²) in [5.41, 5.74) is 0.926. The summed E-state index contributed by atoms with van der Waals surface area (Å²) in [6, 6.07) is 5.40. The van der Waals surface area contributed by atoms with Crippen molar-refractivity contribution in [1.29, 1.82) is 0 Å². The molecule has 0 saturated carbocycles. The monoisotopic (exact) mass is 279 g/mol. The molecule has 0 unspecified atom stereocenters. The molecule has 0 atom stereocenters. The zero-order valence-electron chi connectivity index (χ0n) is 6.78. The first-order valence-electron chi connectivity index (χ1n) is 3.62. The molecule has 0 aliphatic carbocycles. The average Bonchev–Trinajstić information content (AvgIpc) is 2.07. The first-order valence-corrected chi connectivity index (χ1v) is 5.16. The molecule has 0 amide bonds. The number of nitrogens with one attached hydrogen (secondary N) is 1. The van der Waals surface area contributed by atoms with Gasteiger partial charge in [-0.25, -0.2) is 0 Å². The summed E-state index contributed by atoms with van der Waals surface area (Å²) in [5.74, 6) is 0. The Hall–Kier alpha value is -0.180. The van der Waals surface area contributed by atoms with Gasteiger partial charge in [-0.3, -0.25) is 0 Å². The zero-order valence-corrected chi connectivity index (χ0v) is 9.88. The summed E-state index contributed by atoms with van der Waals surface area (Å²) in [6.07, 6.45) is 0. The molecule has 0 radical (unpaired) electrons. The Morgan fingerprint density at radius 3 is 2.62 bits per heavy atom. The molecular weight excluding hydrogens is 273 g/mol. The molecule has 0 aromatic heterocycles. The molecule has 70 valence electrons. The van der Waals surface area contributed by atoms with E-state index in [9.17, 15) is 0 Å². The van der Waals surface area contributed by atoms with E-state index in [0.29, 0.717) is 16.6 Å². The van der Waals surface area contributed by atoms with E-state index in [1.165, 1.54) is 0 Å². The minimum absolute atomic E-state index is 0.548. The number of halogens is 3. The first-order chi connectivity index (χ1) is 6.09. The van der Waals surface area contributed by atoms with Gasteiger partial charge in [0.1, 0.15) is 0 Å². The van der Waals surface area contributed by atoms with Gasteiger partial charge in [0, 0.05) is 16.7 Å². The normalized spacial score (nSPS) is 9.77. The van der Waals surface area contributed by atoms with Crippen LogP contribution in [0.1, 0.15) is 0 Å². The number of hydrogen-bond donors (Lipinski definition) is 1. The molecule has 1 nitrogen and oxygen atoms in total. The minimum Gasteiger partial charge on any atom is -0.380 e. The van der Waals surface area contributed by atoms with Gasteiger partial charge >= 0.3 is 0 Å². The van der Waals surface area contributed by atoms with Crippen LogP contribution in [0.3, 0.4) is 0 Å². The first kappa shape index (κ1) is 10.9. The van der Waals surface area contributed by atoms with E-state index in [2.05, 4.69) is 27.8 Å². The Bertz CT molecular complexity index is 325.